The van der Waals surface area contributed by atoms with Crippen molar-refractivity contribution in [1.29, 1.82) is 0 Å². The Bertz CT molecular complexity index is 1120. The molecule has 1 fully saturated rings. The van der Waals surface area contributed by atoms with E-state index in [4.69, 9.17) is 9.47 Å². The minimum atomic E-state index is -2.16. The van der Waals surface area contributed by atoms with Crippen LogP contribution in [-0.2, 0) is 23.9 Å². The van der Waals surface area contributed by atoms with Gasteiger partial charge in [-0.25, -0.2) is 9.59 Å². The molecular weight excluding hydrogens is 468 g/mol. The summed E-state index contributed by atoms with van der Waals surface area (Å²) in [5.41, 5.74) is -1.77. The number of ether oxygens (including phenoxy) is 2. The Labute approximate surface area is 207 Å². The fourth-order valence-electron chi connectivity index (χ4n) is 4.02. The summed E-state index contributed by atoms with van der Waals surface area (Å²) in [6.45, 7) is 5.01. The number of carbonyl (C=O) groups excluding carboxylic acids is 4. The zero-order valence-corrected chi connectivity index (χ0v) is 20.4. The van der Waals surface area contributed by atoms with Gasteiger partial charge in [0, 0.05) is 0 Å². The van der Waals surface area contributed by atoms with Gasteiger partial charge < -0.3 is 9.47 Å². The van der Waals surface area contributed by atoms with Gasteiger partial charge in [-0.1, -0.05) is 60.7 Å². The van der Waals surface area contributed by atoms with Crippen LogP contribution in [0.4, 0.5) is 4.79 Å². The molecule has 1 N–H and O–H groups in total. The summed E-state index contributed by atoms with van der Waals surface area (Å²) in [4.78, 5) is 52.9. The molecule has 182 valence electrons. The number of carbonyl (C=O) groups is 4. The molecule has 9 heteroatoms. The van der Waals surface area contributed by atoms with Crippen LogP contribution >= 0.6 is 11.8 Å². The lowest BCUT2D eigenvalue weighted by Crippen LogP contribution is -2.76. The van der Waals surface area contributed by atoms with Gasteiger partial charge >= 0.3 is 12.1 Å². The van der Waals surface area contributed by atoms with E-state index in [9.17, 15) is 19.2 Å². The highest BCUT2D eigenvalue weighted by Gasteiger charge is 2.62. The van der Waals surface area contributed by atoms with Crippen LogP contribution in [0.1, 0.15) is 44.4 Å². The number of hydrogen-bond donors (Lipinski definition) is 1. The van der Waals surface area contributed by atoms with Gasteiger partial charge in [-0.05, 0) is 37.3 Å². The van der Waals surface area contributed by atoms with Crippen molar-refractivity contribution in [3.63, 3.8) is 0 Å². The summed E-state index contributed by atoms with van der Waals surface area (Å²) in [5, 5.41) is 3.57. The van der Waals surface area contributed by atoms with Crippen LogP contribution in [0, 0.1) is 0 Å². The van der Waals surface area contributed by atoms with E-state index in [-0.39, 0.29) is 17.9 Å². The lowest BCUT2D eigenvalue weighted by Gasteiger charge is -2.53. The van der Waals surface area contributed by atoms with Crippen LogP contribution in [-0.4, -0.2) is 45.8 Å². The number of amides is 2. The van der Waals surface area contributed by atoms with Crippen LogP contribution in [0.2, 0.25) is 0 Å². The third-order valence-corrected chi connectivity index (χ3v) is 6.65. The van der Waals surface area contributed by atoms with E-state index in [1.807, 2.05) is 60.7 Å². The largest absolute Gasteiger partial charge is 0.449 e. The minimum Gasteiger partial charge on any atom is -0.449 e. The van der Waals surface area contributed by atoms with Gasteiger partial charge in [0.2, 0.25) is 11.6 Å². The highest BCUT2D eigenvalue weighted by Crippen LogP contribution is 2.45. The minimum absolute atomic E-state index is 0.109. The second-order valence-corrected chi connectivity index (χ2v) is 10.2. The molecule has 0 aromatic heterocycles. The molecule has 2 aromatic carbocycles. The highest BCUT2D eigenvalue weighted by molar-refractivity contribution is 8.02. The molecule has 35 heavy (non-hydrogen) atoms. The van der Waals surface area contributed by atoms with Gasteiger partial charge in [-0.15, -0.1) is 11.8 Å². The SMILES string of the molecule is CC(C)(C)OC(=O)NC1(C(=O)OC(c2ccccc2)c2ccccc2)C(C=O)=CSC2CC(=O)N21. The predicted molar refractivity (Wildman–Crippen MR) is 130 cm³/mol. The summed E-state index contributed by atoms with van der Waals surface area (Å²) >= 11 is 1.23. The van der Waals surface area contributed by atoms with Crippen LogP contribution < -0.4 is 5.32 Å². The van der Waals surface area contributed by atoms with Crippen molar-refractivity contribution in [3.05, 3.63) is 82.8 Å². The summed E-state index contributed by atoms with van der Waals surface area (Å²) < 4.78 is 11.4. The average molecular weight is 495 g/mol. The molecule has 2 aliphatic heterocycles. The average Bonchev–Trinajstić information content (AvgIpc) is 2.81. The number of aldehydes is 1. The number of hydrogen-bond acceptors (Lipinski definition) is 7. The maximum absolute atomic E-state index is 14.0. The molecule has 0 bridgehead atoms. The zero-order valence-electron chi connectivity index (χ0n) is 19.6. The first kappa shape index (κ1) is 24.5. The van der Waals surface area contributed by atoms with E-state index in [1.165, 1.54) is 22.1 Å². The van der Waals surface area contributed by atoms with Crippen molar-refractivity contribution in [2.75, 3.05) is 0 Å². The van der Waals surface area contributed by atoms with Crippen molar-refractivity contribution >= 4 is 36.0 Å². The molecular formula is C26H26N2O6S. The molecule has 2 amide bonds. The lowest BCUT2D eigenvalue weighted by atomic mass is 9.93. The van der Waals surface area contributed by atoms with Crippen molar-refractivity contribution < 1.29 is 28.7 Å². The number of benzene rings is 2. The third-order valence-electron chi connectivity index (χ3n) is 5.57. The molecule has 8 nitrogen and oxygen atoms in total. The van der Waals surface area contributed by atoms with E-state index in [0.29, 0.717) is 17.4 Å². The van der Waals surface area contributed by atoms with E-state index in [1.54, 1.807) is 20.8 Å². The summed E-state index contributed by atoms with van der Waals surface area (Å²) in [5.74, 6) is -1.35. The van der Waals surface area contributed by atoms with Gasteiger partial charge in [0.25, 0.3) is 0 Å². The molecule has 2 unspecified atom stereocenters. The molecule has 2 aromatic rings. The first-order valence-electron chi connectivity index (χ1n) is 11.1. The first-order valence-corrected chi connectivity index (χ1v) is 12.1. The maximum atomic E-state index is 14.0. The number of thioether (sulfide) groups is 1. The van der Waals surface area contributed by atoms with Crippen molar-refractivity contribution in [1.82, 2.24) is 10.2 Å². The number of fused-ring (bicyclic) bond motifs is 1. The summed E-state index contributed by atoms with van der Waals surface area (Å²) in [6, 6.07) is 18.2. The smallest absolute Gasteiger partial charge is 0.410 e. The van der Waals surface area contributed by atoms with Crippen molar-refractivity contribution in [3.8, 4) is 0 Å². The van der Waals surface area contributed by atoms with E-state index >= 15 is 0 Å². The lowest BCUT2D eigenvalue weighted by molar-refractivity contribution is -0.175. The van der Waals surface area contributed by atoms with Gasteiger partial charge in [0.05, 0.1) is 17.4 Å². The number of nitrogens with one attached hydrogen (secondary N) is 1. The third kappa shape index (κ3) is 4.81. The molecule has 2 aliphatic rings. The van der Waals surface area contributed by atoms with Crippen LogP contribution in [0.25, 0.3) is 0 Å². The van der Waals surface area contributed by atoms with E-state index in [0.717, 1.165) is 0 Å². The molecule has 0 radical (unpaired) electrons. The van der Waals surface area contributed by atoms with Gasteiger partial charge in [0.1, 0.15) is 5.60 Å². The van der Waals surface area contributed by atoms with Gasteiger partial charge in [-0.2, -0.15) is 0 Å². The molecule has 1 saturated heterocycles. The Morgan fingerprint density at radius 3 is 2.14 bits per heavy atom. The number of nitrogens with zero attached hydrogens (tertiary/aromatic N) is 1. The Morgan fingerprint density at radius 2 is 1.66 bits per heavy atom. The predicted octanol–water partition coefficient (Wildman–Crippen LogP) is 3.93. The molecule has 0 aliphatic carbocycles. The zero-order chi connectivity index (χ0) is 25.2. The van der Waals surface area contributed by atoms with E-state index in [2.05, 4.69) is 5.32 Å². The van der Waals surface area contributed by atoms with Crippen molar-refractivity contribution in [2.24, 2.45) is 0 Å². The van der Waals surface area contributed by atoms with Crippen molar-refractivity contribution in [2.45, 2.75) is 49.9 Å². The standard InChI is InChI=1S/C26H26N2O6S/c1-25(2,3)34-24(32)27-26(19(15-29)16-35-21-14-20(30)28(21)26)23(31)33-22(17-10-6-4-7-11-17)18-12-8-5-9-13-18/h4-13,15-16,21-22H,14H2,1-3H3,(H,27,32). The normalized spacial score (nSPS) is 21.4. The number of rotatable bonds is 6. The summed E-state index contributed by atoms with van der Waals surface area (Å²) in [6.07, 6.45) is -1.19. The van der Waals surface area contributed by atoms with Crippen LogP contribution in [0.3, 0.4) is 0 Å². The maximum Gasteiger partial charge on any atom is 0.410 e. The Morgan fingerprint density at radius 1 is 1.09 bits per heavy atom. The second kappa shape index (κ2) is 9.58. The van der Waals surface area contributed by atoms with Crippen LogP contribution in [0.5, 0.6) is 0 Å². The fourth-order valence-corrected chi connectivity index (χ4v) is 5.18. The molecule has 2 atom stereocenters. The fraction of sp³-hybridized carbons (Fsp3) is 0.308. The molecule has 2 heterocycles. The molecule has 0 spiro atoms. The topological polar surface area (TPSA) is 102 Å². The van der Waals surface area contributed by atoms with E-state index < -0.39 is 34.8 Å². The van der Waals surface area contributed by atoms with Gasteiger partial charge in [0.15, 0.2) is 12.4 Å². The Kier molecular flexibility index (Phi) is 6.71. The Hall–Kier alpha value is -3.59. The number of esters is 1. The number of alkyl carbamates (subject to hydrolysis) is 1. The highest BCUT2D eigenvalue weighted by atomic mass is 32.2. The summed E-state index contributed by atoms with van der Waals surface area (Å²) in [7, 11) is 0. The number of β-lactam (4-membered cyclic amide) rings is 1. The quantitative estimate of drug-likeness (QED) is 0.369. The molecule has 0 saturated carbocycles. The molecule has 4 rings (SSSR count). The first-order chi connectivity index (χ1) is 16.7. The monoisotopic (exact) mass is 494 g/mol. The van der Waals surface area contributed by atoms with Gasteiger partial charge in [-0.3, -0.25) is 19.8 Å². The van der Waals surface area contributed by atoms with Crippen LogP contribution in [0.15, 0.2) is 71.6 Å². The second-order valence-electron chi connectivity index (χ2n) is 9.19. The Balaban J connectivity index is 1.78.